The van der Waals surface area contributed by atoms with Crippen molar-refractivity contribution in [2.24, 2.45) is 0 Å². The highest BCUT2D eigenvalue weighted by Gasteiger charge is 2.11. The fourth-order valence-electron chi connectivity index (χ4n) is 1.87. The second-order valence-corrected chi connectivity index (χ2v) is 5.13. The number of hydrogen-bond donors (Lipinski definition) is 0. The average Bonchev–Trinajstić information content (AvgIpc) is 2.40. The second-order valence-electron chi connectivity index (χ2n) is 4.28. The van der Waals surface area contributed by atoms with Gasteiger partial charge in [-0.3, -0.25) is 4.79 Å². The van der Waals surface area contributed by atoms with E-state index in [-0.39, 0.29) is 5.78 Å². The van der Waals surface area contributed by atoms with E-state index in [1.807, 2.05) is 44.2 Å². The summed E-state index contributed by atoms with van der Waals surface area (Å²) < 4.78 is 6.24. The summed E-state index contributed by atoms with van der Waals surface area (Å²) in [5.41, 5.74) is 2.44. The molecule has 0 aliphatic carbocycles. The first-order valence-corrected chi connectivity index (χ1v) is 6.95. The maximum absolute atomic E-state index is 12.4. The fraction of sp³-hybridized carbons (Fsp3) is 0.188. The molecule has 0 unspecified atom stereocenters. The van der Waals surface area contributed by atoms with Crippen LogP contribution in [0.4, 0.5) is 0 Å². The molecule has 0 amide bonds. The van der Waals surface area contributed by atoms with Crippen molar-refractivity contribution < 1.29 is 9.53 Å². The normalized spacial score (nSPS) is 10.3. The predicted octanol–water partition coefficient (Wildman–Crippen LogP) is 4.39. The van der Waals surface area contributed by atoms with Gasteiger partial charge in [-0.2, -0.15) is 0 Å². The molecule has 0 fully saturated rings. The van der Waals surface area contributed by atoms with Crippen LogP contribution >= 0.6 is 15.9 Å². The molecule has 0 saturated heterocycles. The molecule has 2 rings (SSSR count). The summed E-state index contributed by atoms with van der Waals surface area (Å²) >= 11 is 3.43. The van der Waals surface area contributed by atoms with Crippen LogP contribution in [0.5, 0.6) is 5.75 Å². The molecule has 0 N–H and O–H groups in total. The van der Waals surface area contributed by atoms with Gasteiger partial charge in [0.05, 0.1) is 11.1 Å². The van der Waals surface area contributed by atoms with E-state index in [1.54, 1.807) is 12.1 Å². The molecule has 0 aromatic heterocycles. The molecule has 98 valence electrons. The molecule has 2 nitrogen and oxygen atoms in total. The lowest BCUT2D eigenvalue weighted by Gasteiger charge is -2.08. The Morgan fingerprint density at radius 1 is 1.16 bits per heavy atom. The van der Waals surface area contributed by atoms with E-state index in [4.69, 9.17) is 4.74 Å². The number of ether oxygens (including phenoxy) is 1. The molecular formula is C16H15BrO2. The van der Waals surface area contributed by atoms with E-state index in [0.29, 0.717) is 17.7 Å². The second kappa shape index (κ2) is 6.02. The van der Waals surface area contributed by atoms with Gasteiger partial charge in [0.25, 0.3) is 0 Å². The zero-order chi connectivity index (χ0) is 13.8. The predicted molar refractivity (Wildman–Crippen MR) is 79.9 cm³/mol. The van der Waals surface area contributed by atoms with Gasteiger partial charge in [-0.15, -0.1) is 0 Å². The molecule has 0 heterocycles. The van der Waals surface area contributed by atoms with Gasteiger partial charge in [0.2, 0.25) is 0 Å². The Morgan fingerprint density at radius 3 is 2.53 bits per heavy atom. The Hall–Kier alpha value is -1.61. The smallest absolute Gasteiger partial charge is 0.193 e. The van der Waals surface area contributed by atoms with E-state index in [9.17, 15) is 4.79 Å². The third-order valence-corrected chi connectivity index (χ3v) is 3.39. The van der Waals surface area contributed by atoms with Gasteiger partial charge < -0.3 is 4.74 Å². The number of carbonyl (C=O) groups is 1. The van der Waals surface area contributed by atoms with E-state index < -0.39 is 0 Å². The van der Waals surface area contributed by atoms with Gasteiger partial charge in [-0.1, -0.05) is 23.8 Å². The average molecular weight is 319 g/mol. The van der Waals surface area contributed by atoms with Crippen LogP contribution in [-0.4, -0.2) is 12.4 Å². The highest BCUT2D eigenvalue weighted by atomic mass is 79.9. The number of benzene rings is 2. The molecule has 3 heteroatoms. The lowest BCUT2D eigenvalue weighted by atomic mass is 10.0. The zero-order valence-electron chi connectivity index (χ0n) is 10.9. The molecule has 0 spiro atoms. The third-order valence-electron chi connectivity index (χ3n) is 2.77. The molecule has 0 atom stereocenters. The van der Waals surface area contributed by atoms with Crippen LogP contribution in [0.25, 0.3) is 0 Å². The maximum atomic E-state index is 12.4. The van der Waals surface area contributed by atoms with E-state index >= 15 is 0 Å². The van der Waals surface area contributed by atoms with Crippen LogP contribution in [0.3, 0.4) is 0 Å². The highest BCUT2D eigenvalue weighted by Crippen LogP contribution is 2.27. The van der Waals surface area contributed by atoms with Crippen molar-refractivity contribution in [3.8, 4) is 5.75 Å². The quantitative estimate of drug-likeness (QED) is 0.782. The molecule has 0 radical (unpaired) electrons. The van der Waals surface area contributed by atoms with Gasteiger partial charge >= 0.3 is 0 Å². The molecular weight excluding hydrogens is 304 g/mol. The first kappa shape index (κ1) is 13.8. The highest BCUT2D eigenvalue weighted by molar-refractivity contribution is 9.10. The number of halogens is 1. The Morgan fingerprint density at radius 2 is 1.89 bits per heavy atom. The number of ketones is 1. The molecule has 2 aromatic carbocycles. The van der Waals surface area contributed by atoms with Gasteiger partial charge in [0.15, 0.2) is 5.78 Å². The number of aryl methyl sites for hydroxylation is 1. The Kier molecular flexibility index (Phi) is 4.38. The minimum atomic E-state index is 0.0208. The van der Waals surface area contributed by atoms with Gasteiger partial charge in [0.1, 0.15) is 5.75 Å². The van der Waals surface area contributed by atoms with Crippen molar-refractivity contribution in [3.05, 3.63) is 63.6 Å². The molecule has 0 aliphatic rings. The summed E-state index contributed by atoms with van der Waals surface area (Å²) in [6.45, 7) is 4.51. The van der Waals surface area contributed by atoms with Crippen LogP contribution in [0, 0.1) is 6.92 Å². The number of carbonyl (C=O) groups excluding carboxylic acids is 1. The molecule has 0 bridgehead atoms. The Labute approximate surface area is 121 Å². The molecule has 2 aromatic rings. The summed E-state index contributed by atoms with van der Waals surface area (Å²) in [6.07, 6.45) is 0. The van der Waals surface area contributed by atoms with Crippen LogP contribution in [0.15, 0.2) is 46.9 Å². The monoisotopic (exact) mass is 318 g/mol. The zero-order valence-corrected chi connectivity index (χ0v) is 12.5. The maximum Gasteiger partial charge on any atom is 0.193 e. The lowest BCUT2D eigenvalue weighted by Crippen LogP contribution is -2.02. The van der Waals surface area contributed by atoms with Crippen molar-refractivity contribution in [1.29, 1.82) is 0 Å². The minimum Gasteiger partial charge on any atom is -0.493 e. The first-order valence-electron chi connectivity index (χ1n) is 6.15. The van der Waals surface area contributed by atoms with Crippen molar-refractivity contribution in [2.45, 2.75) is 13.8 Å². The minimum absolute atomic E-state index is 0.0208. The number of hydrogen-bond acceptors (Lipinski definition) is 2. The van der Waals surface area contributed by atoms with Crippen LogP contribution < -0.4 is 4.74 Å². The van der Waals surface area contributed by atoms with Crippen LogP contribution in [0.2, 0.25) is 0 Å². The molecule has 0 saturated carbocycles. The van der Waals surface area contributed by atoms with E-state index in [2.05, 4.69) is 15.9 Å². The van der Waals surface area contributed by atoms with Crippen LogP contribution in [0.1, 0.15) is 28.4 Å². The van der Waals surface area contributed by atoms with E-state index in [0.717, 1.165) is 15.8 Å². The Bertz CT molecular complexity index is 605. The summed E-state index contributed by atoms with van der Waals surface area (Å²) in [5.74, 6) is 0.774. The van der Waals surface area contributed by atoms with Gasteiger partial charge in [-0.25, -0.2) is 0 Å². The SMILES string of the molecule is CCOc1ccc(C(=O)c2cccc(C)c2)cc1Br. The lowest BCUT2D eigenvalue weighted by molar-refractivity contribution is 0.103. The standard InChI is InChI=1S/C16H15BrO2/c1-3-19-15-8-7-13(10-14(15)17)16(18)12-6-4-5-11(2)9-12/h4-10H,3H2,1-2H3. The summed E-state index contributed by atoms with van der Waals surface area (Å²) in [4.78, 5) is 12.4. The first-order chi connectivity index (χ1) is 9.11. The molecule has 19 heavy (non-hydrogen) atoms. The van der Waals surface area contributed by atoms with Crippen molar-refractivity contribution in [1.82, 2.24) is 0 Å². The topological polar surface area (TPSA) is 26.3 Å². The van der Waals surface area contributed by atoms with Crippen molar-refractivity contribution in [2.75, 3.05) is 6.61 Å². The van der Waals surface area contributed by atoms with Gasteiger partial charge in [0, 0.05) is 11.1 Å². The summed E-state index contributed by atoms with van der Waals surface area (Å²) in [7, 11) is 0. The third kappa shape index (κ3) is 3.24. The van der Waals surface area contributed by atoms with Crippen molar-refractivity contribution >= 4 is 21.7 Å². The fourth-order valence-corrected chi connectivity index (χ4v) is 2.36. The summed E-state index contributed by atoms with van der Waals surface area (Å²) in [5, 5.41) is 0. The van der Waals surface area contributed by atoms with E-state index in [1.165, 1.54) is 0 Å². The molecule has 0 aliphatic heterocycles. The van der Waals surface area contributed by atoms with Gasteiger partial charge in [-0.05, 0) is 54.0 Å². The van der Waals surface area contributed by atoms with Crippen molar-refractivity contribution in [3.63, 3.8) is 0 Å². The van der Waals surface area contributed by atoms with Crippen LogP contribution in [-0.2, 0) is 0 Å². The summed E-state index contributed by atoms with van der Waals surface area (Å²) in [6, 6.07) is 13.0. The largest absolute Gasteiger partial charge is 0.493 e. The number of rotatable bonds is 4. The Balaban J connectivity index is 2.32.